The van der Waals surface area contributed by atoms with Gasteiger partial charge in [0.25, 0.3) is 5.91 Å². The number of hydrogen-bond acceptors (Lipinski definition) is 5. The third kappa shape index (κ3) is 3.10. The van der Waals surface area contributed by atoms with Crippen LogP contribution in [0.25, 0.3) is 0 Å². The molecule has 0 bridgehead atoms. The molecule has 112 valence electrons. The van der Waals surface area contributed by atoms with Crippen LogP contribution in [-0.4, -0.2) is 47.2 Å². The van der Waals surface area contributed by atoms with Crippen LogP contribution in [0.2, 0.25) is 0 Å². The zero-order chi connectivity index (χ0) is 15.6. The highest BCUT2D eigenvalue weighted by Crippen LogP contribution is 2.08. The highest BCUT2D eigenvalue weighted by atomic mass is 16.3. The Kier molecular flexibility index (Phi) is 4.06. The van der Waals surface area contributed by atoms with Gasteiger partial charge in [-0.25, -0.2) is 0 Å². The molecular weight excluding hydrogens is 278 g/mol. The summed E-state index contributed by atoms with van der Waals surface area (Å²) in [6.45, 7) is 2.78. The van der Waals surface area contributed by atoms with Crippen molar-refractivity contribution in [3.05, 3.63) is 24.2 Å². The zero-order valence-electron chi connectivity index (χ0n) is 11.6. The molecule has 1 saturated heterocycles. The fourth-order valence-corrected chi connectivity index (χ4v) is 1.97. The maximum absolute atomic E-state index is 12.3. The first-order valence-corrected chi connectivity index (χ1v) is 6.38. The number of nitrogens with one attached hydrogen (secondary N) is 2. The number of rotatable bonds is 3. The lowest BCUT2D eigenvalue weighted by Crippen LogP contribution is -2.61. The predicted octanol–water partition coefficient (Wildman–Crippen LogP) is -0.729. The van der Waals surface area contributed by atoms with Crippen molar-refractivity contribution < 1.29 is 23.6 Å². The first-order chi connectivity index (χ1) is 9.90. The molecule has 8 nitrogen and oxygen atoms in total. The van der Waals surface area contributed by atoms with Crippen LogP contribution in [0.5, 0.6) is 0 Å². The van der Waals surface area contributed by atoms with Gasteiger partial charge in [0.1, 0.15) is 18.6 Å². The van der Waals surface area contributed by atoms with E-state index in [0.29, 0.717) is 0 Å². The van der Waals surface area contributed by atoms with E-state index in [2.05, 4.69) is 10.6 Å². The smallest absolute Gasteiger partial charge is 0.287 e. The fourth-order valence-electron chi connectivity index (χ4n) is 1.97. The van der Waals surface area contributed by atoms with Crippen molar-refractivity contribution in [2.24, 2.45) is 0 Å². The molecule has 0 aliphatic carbocycles. The first kappa shape index (κ1) is 14.8. The van der Waals surface area contributed by atoms with E-state index in [0.717, 1.165) is 4.90 Å². The molecule has 1 aromatic rings. The Morgan fingerprint density at radius 1 is 1.48 bits per heavy atom. The molecule has 2 atom stereocenters. The Morgan fingerprint density at radius 3 is 2.81 bits per heavy atom. The largest absolute Gasteiger partial charge is 0.459 e. The van der Waals surface area contributed by atoms with Crippen LogP contribution >= 0.6 is 0 Å². The predicted molar refractivity (Wildman–Crippen MR) is 70.0 cm³/mol. The number of imide groups is 1. The second-order valence-corrected chi connectivity index (χ2v) is 4.73. The molecule has 2 N–H and O–H groups in total. The Labute approximate surface area is 120 Å². The fraction of sp³-hybridized carbons (Fsp3) is 0.385. The number of furan rings is 1. The molecule has 1 aliphatic rings. The Balaban J connectivity index is 2.03. The molecule has 0 radical (unpaired) electrons. The molecular formula is C13H15N3O5. The Morgan fingerprint density at radius 2 is 2.19 bits per heavy atom. The van der Waals surface area contributed by atoms with Gasteiger partial charge in [-0.05, 0) is 26.0 Å². The molecule has 2 rings (SSSR count). The average molecular weight is 293 g/mol. The van der Waals surface area contributed by atoms with E-state index >= 15 is 0 Å². The third-order valence-electron chi connectivity index (χ3n) is 3.17. The quantitative estimate of drug-likeness (QED) is 0.714. The van der Waals surface area contributed by atoms with Crippen LogP contribution in [0.1, 0.15) is 24.4 Å². The van der Waals surface area contributed by atoms with Gasteiger partial charge < -0.3 is 14.6 Å². The summed E-state index contributed by atoms with van der Waals surface area (Å²) >= 11 is 0. The molecule has 8 heteroatoms. The van der Waals surface area contributed by atoms with Gasteiger partial charge in [-0.2, -0.15) is 0 Å². The SMILES string of the molecule is CC(NC(=O)c1ccco1)C(=O)N1CC(=O)NC(=O)C1C. The summed E-state index contributed by atoms with van der Waals surface area (Å²) in [5.41, 5.74) is 0. The first-order valence-electron chi connectivity index (χ1n) is 6.38. The normalized spacial score (nSPS) is 19.9. The van der Waals surface area contributed by atoms with E-state index in [1.807, 2.05) is 0 Å². The topological polar surface area (TPSA) is 109 Å². The molecule has 2 unspecified atom stereocenters. The number of piperazine rings is 1. The van der Waals surface area contributed by atoms with Gasteiger partial charge in [0.05, 0.1) is 6.26 Å². The Hall–Kier alpha value is -2.64. The molecule has 0 saturated carbocycles. The maximum atomic E-state index is 12.3. The molecule has 0 spiro atoms. The lowest BCUT2D eigenvalue weighted by molar-refractivity contribution is -0.150. The zero-order valence-corrected chi connectivity index (χ0v) is 11.6. The molecule has 4 amide bonds. The third-order valence-corrected chi connectivity index (χ3v) is 3.17. The van der Waals surface area contributed by atoms with E-state index < -0.39 is 35.7 Å². The second kappa shape index (κ2) is 5.78. The van der Waals surface area contributed by atoms with Crippen molar-refractivity contribution in [2.45, 2.75) is 25.9 Å². The van der Waals surface area contributed by atoms with Crippen molar-refractivity contribution >= 4 is 23.6 Å². The summed E-state index contributed by atoms with van der Waals surface area (Å²) in [6, 6.07) is 1.37. The van der Waals surface area contributed by atoms with Gasteiger partial charge in [0.15, 0.2) is 5.76 Å². The molecule has 1 aromatic heterocycles. The van der Waals surface area contributed by atoms with Crippen LogP contribution in [-0.2, 0) is 14.4 Å². The number of carbonyl (C=O) groups is 4. The van der Waals surface area contributed by atoms with Crippen LogP contribution in [0.3, 0.4) is 0 Å². The highest BCUT2D eigenvalue weighted by Gasteiger charge is 2.35. The molecule has 0 aromatic carbocycles. The summed E-state index contributed by atoms with van der Waals surface area (Å²) in [6.07, 6.45) is 1.34. The van der Waals surface area contributed by atoms with Crippen molar-refractivity contribution in [3.63, 3.8) is 0 Å². The van der Waals surface area contributed by atoms with E-state index in [-0.39, 0.29) is 12.3 Å². The average Bonchev–Trinajstić information content (AvgIpc) is 2.96. The van der Waals surface area contributed by atoms with Crippen molar-refractivity contribution in [2.75, 3.05) is 6.54 Å². The van der Waals surface area contributed by atoms with Gasteiger partial charge >= 0.3 is 0 Å². The number of amides is 4. The summed E-state index contributed by atoms with van der Waals surface area (Å²) < 4.78 is 4.92. The Bertz CT molecular complexity index is 581. The number of hydrogen-bond donors (Lipinski definition) is 2. The van der Waals surface area contributed by atoms with Crippen molar-refractivity contribution in [1.29, 1.82) is 0 Å². The molecule has 1 fully saturated rings. The standard InChI is InChI=1S/C13H15N3O5/c1-7(14-12(19)9-4-3-5-21-9)13(20)16-6-10(17)15-11(18)8(16)2/h3-5,7-8H,6H2,1-2H3,(H,14,19)(H,15,17,18). The van der Waals surface area contributed by atoms with Crippen molar-refractivity contribution in [1.82, 2.24) is 15.5 Å². The molecule has 1 aliphatic heterocycles. The van der Waals surface area contributed by atoms with Gasteiger partial charge in [0, 0.05) is 0 Å². The lowest BCUT2D eigenvalue weighted by Gasteiger charge is -2.33. The van der Waals surface area contributed by atoms with Gasteiger partial charge in [-0.1, -0.05) is 0 Å². The van der Waals surface area contributed by atoms with Gasteiger partial charge in [0.2, 0.25) is 17.7 Å². The summed E-state index contributed by atoms with van der Waals surface area (Å²) in [5.74, 6) is -2.05. The van der Waals surface area contributed by atoms with Crippen LogP contribution in [0.15, 0.2) is 22.8 Å². The monoisotopic (exact) mass is 293 g/mol. The van der Waals surface area contributed by atoms with Crippen LogP contribution in [0, 0.1) is 0 Å². The lowest BCUT2D eigenvalue weighted by atomic mass is 10.1. The number of carbonyl (C=O) groups excluding carboxylic acids is 4. The summed E-state index contributed by atoms with van der Waals surface area (Å²) in [7, 11) is 0. The van der Waals surface area contributed by atoms with Gasteiger partial charge in [-0.15, -0.1) is 0 Å². The summed E-state index contributed by atoms with van der Waals surface area (Å²) in [5, 5.41) is 4.60. The number of nitrogens with zero attached hydrogens (tertiary/aromatic N) is 1. The van der Waals surface area contributed by atoms with Crippen LogP contribution < -0.4 is 10.6 Å². The molecule has 21 heavy (non-hydrogen) atoms. The summed E-state index contributed by atoms with van der Waals surface area (Å²) in [4.78, 5) is 48.0. The minimum absolute atomic E-state index is 0.0789. The van der Waals surface area contributed by atoms with E-state index in [1.165, 1.54) is 26.2 Å². The van der Waals surface area contributed by atoms with Crippen molar-refractivity contribution in [3.8, 4) is 0 Å². The maximum Gasteiger partial charge on any atom is 0.287 e. The molecule has 2 heterocycles. The van der Waals surface area contributed by atoms with Crippen LogP contribution in [0.4, 0.5) is 0 Å². The van der Waals surface area contributed by atoms with E-state index in [1.54, 1.807) is 6.07 Å². The minimum Gasteiger partial charge on any atom is -0.459 e. The van der Waals surface area contributed by atoms with E-state index in [9.17, 15) is 19.2 Å². The van der Waals surface area contributed by atoms with Gasteiger partial charge in [-0.3, -0.25) is 24.5 Å². The van der Waals surface area contributed by atoms with E-state index in [4.69, 9.17) is 4.42 Å². The second-order valence-electron chi connectivity index (χ2n) is 4.73. The minimum atomic E-state index is -0.885. The highest BCUT2D eigenvalue weighted by molar-refractivity contribution is 6.05.